The average Bonchev–Trinajstić information content (AvgIpc) is 2.34. The van der Waals surface area contributed by atoms with Crippen molar-refractivity contribution in [3.63, 3.8) is 0 Å². The molecule has 2 unspecified atom stereocenters. The quantitative estimate of drug-likeness (QED) is 0.718. The third kappa shape index (κ3) is 1.63. The Morgan fingerprint density at radius 1 is 1.31 bits per heavy atom. The number of nitrogens with zero attached hydrogens (tertiary/aromatic N) is 1. The van der Waals surface area contributed by atoms with E-state index in [9.17, 15) is 0 Å². The van der Waals surface area contributed by atoms with Gasteiger partial charge in [-0.15, -0.1) is 0 Å². The van der Waals surface area contributed by atoms with Crippen LogP contribution in [0.1, 0.15) is 51.5 Å². The highest BCUT2D eigenvalue weighted by atomic mass is 15.2. The van der Waals surface area contributed by atoms with Crippen LogP contribution >= 0.6 is 0 Å². The summed E-state index contributed by atoms with van der Waals surface area (Å²) in [5.41, 5.74) is 3.30. The number of para-hydroxylation sites is 1. The van der Waals surface area contributed by atoms with E-state index in [-0.39, 0.29) is 0 Å². The van der Waals surface area contributed by atoms with E-state index in [0.29, 0.717) is 5.54 Å². The average molecular weight is 217 g/mol. The highest BCUT2D eigenvalue weighted by Crippen LogP contribution is 2.45. The second-order valence-electron chi connectivity index (χ2n) is 5.28. The van der Waals surface area contributed by atoms with E-state index in [1.807, 2.05) is 0 Å². The molecule has 88 valence electrons. The minimum absolute atomic E-state index is 0.328. The van der Waals surface area contributed by atoms with Crippen LogP contribution in [0.5, 0.6) is 0 Å². The molecule has 1 heterocycles. The minimum Gasteiger partial charge on any atom is -0.369 e. The number of hydrogen-bond acceptors (Lipinski definition) is 1. The van der Waals surface area contributed by atoms with Crippen LogP contribution in [-0.4, -0.2) is 12.6 Å². The minimum atomic E-state index is 0.328. The first-order chi connectivity index (χ1) is 7.62. The van der Waals surface area contributed by atoms with Gasteiger partial charge in [0.25, 0.3) is 0 Å². The fourth-order valence-electron chi connectivity index (χ4n) is 2.95. The molecule has 0 aliphatic carbocycles. The molecule has 0 aromatic heterocycles. The molecule has 0 saturated heterocycles. The molecule has 0 N–H and O–H groups in total. The molecule has 0 saturated carbocycles. The lowest BCUT2D eigenvalue weighted by molar-refractivity contribution is 0.339. The summed E-state index contributed by atoms with van der Waals surface area (Å²) in [6.07, 6.45) is 3.75. The SMILES string of the molecule is CCC1CC(C)(CC)N(C)c2ccccc21. The van der Waals surface area contributed by atoms with Gasteiger partial charge in [0.05, 0.1) is 0 Å². The largest absolute Gasteiger partial charge is 0.369 e. The Hall–Kier alpha value is -0.980. The van der Waals surface area contributed by atoms with E-state index < -0.39 is 0 Å². The topological polar surface area (TPSA) is 3.24 Å². The Balaban J connectivity index is 2.48. The molecule has 0 radical (unpaired) electrons. The first-order valence-electron chi connectivity index (χ1n) is 6.45. The maximum absolute atomic E-state index is 2.48. The van der Waals surface area contributed by atoms with Gasteiger partial charge in [-0.1, -0.05) is 32.0 Å². The fraction of sp³-hybridized carbons (Fsp3) is 0.600. The van der Waals surface area contributed by atoms with Gasteiger partial charge in [0, 0.05) is 18.3 Å². The van der Waals surface area contributed by atoms with Crippen molar-refractivity contribution in [2.45, 2.75) is 51.5 Å². The molecular formula is C15H23N. The second kappa shape index (κ2) is 4.12. The van der Waals surface area contributed by atoms with Crippen LogP contribution in [-0.2, 0) is 0 Å². The molecule has 1 aliphatic rings. The van der Waals surface area contributed by atoms with E-state index in [1.165, 1.54) is 24.9 Å². The molecule has 0 bridgehead atoms. The van der Waals surface area contributed by atoms with Crippen LogP contribution in [0.15, 0.2) is 24.3 Å². The predicted molar refractivity (Wildman–Crippen MR) is 71.2 cm³/mol. The van der Waals surface area contributed by atoms with Crippen molar-refractivity contribution in [3.05, 3.63) is 29.8 Å². The zero-order valence-electron chi connectivity index (χ0n) is 11.0. The predicted octanol–water partition coefficient (Wildman–Crippen LogP) is 4.19. The highest BCUT2D eigenvalue weighted by Gasteiger charge is 2.36. The van der Waals surface area contributed by atoms with Crippen molar-refractivity contribution in [3.8, 4) is 0 Å². The monoisotopic (exact) mass is 217 g/mol. The van der Waals surface area contributed by atoms with Crippen LogP contribution in [0.3, 0.4) is 0 Å². The second-order valence-corrected chi connectivity index (χ2v) is 5.28. The zero-order chi connectivity index (χ0) is 11.8. The Bertz CT molecular complexity index is 371. The molecule has 2 atom stereocenters. The third-order valence-electron chi connectivity index (χ3n) is 4.49. The lowest BCUT2D eigenvalue weighted by Crippen LogP contribution is -2.48. The van der Waals surface area contributed by atoms with E-state index in [2.05, 4.69) is 57.0 Å². The van der Waals surface area contributed by atoms with Crippen LogP contribution in [0.4, 0.5) is 5.69 Å². The van der Waals surface area contributed by atoms with Gasteiger partial charge in [-0.2, -0.15) is 0 Å². The highest BCUT2D eigenvalue weighted by molar-refractivity contribution is 5.59. The van der Waals surface area contributed by atoms with Gasteiger partial charge in [0.15, 0.2) is 0 Å². The van der Waals surface area contributed by atoms with E-state index >= 15 is 0 Å². The van der Waals surface area contributed by atoms with Crippen LogP contribution in [0, 0.1) is 0 Å². The van der Waals surface area contributed by atoms with Crippen molar-refractivity contribution in [1.82, 2.24) is 0 Å². The molecule has 16 heavy (non-hydrogen) atoms. The van der Waals surface area contributed by atoms with Crippen molar-refractivity contribution < 1.29 is 0 Å². The van der Waals surface area contributed by atoms with Crippen LogP contribution in [0.2, 0.25) is 0 Å². The van der Waals surface area contributed by atoms with Crippen molar-refractivity contribution in [2.24, 2.45) is 0 Å². The molecular weight excluding hydrogens is 194 g/mol. The summed E-state index contributed by atoms with van der Waals surface area (Å²) in [5, 5.41) is 0. The van der Waals surface area contributed by atoms with E-state index in [1.54, 1.807) is 5.56 Å². The molecule has 2 rings (SSSR count). The van der Waals surface area contributed by atoms with Crippen LogP contribution in [0.25, 0.3) is 0 Å². The van der Waals surface area contributed by atoms with E-state index in [0.717, 1.165) is 5.92 Å². The van der Waals surface area contributed by atoms with Gasteiger partial charge in [0.2, 0.25) is 0 Å². The molecule has 1 aliphatic heterocycles. The molecule has 0 spiro atoms. The Morgan fingerprint density at radius 3 is 2.62 bits per heavy atom. The zero-order valence-corrected chi connectivity index (χ0v) is 11.0. The van der Waals surface area contributed by atoms with Gasteiger partial charge in [-0.05, 0) is 43.7 Å². The molecule has 1 aromatic rings. The van der Waals surface area contributed by atoms with Gasteiger partial charge >= 0.3 is 0 Å². The molecule has 1 aromatic carbocycles. The van der Waals surface area contributed by atoms with Crippen molar-refractivity contribution in [2.75, 3.05) is 11.9 Å². The molecule has 0 amide bonds. The van der Waals surface area contributed by atoms with Crippen LogP contribution < -0.4 is 4.90 Å². The first kappa shape index (κ1) is 11.5. The van der Waals surface area contributed by atoms with Gasteiger partial charge < -0.3 is 4.90 Å². The first-order valence-corrected chi connectivity index (χ1v) is 6.45. The Morgan fingerprint density at radius 2 is 2.00 bits per heavy atom. The normalized spacial score (nSPS) is 29.0. The van der Waals surface area contributed by atoms with Crippen molar-refractivity contribution >= 4 is 5.69 Å². The maximum Gasteiger partial charge on any atom is 0.0403 e. The lowest BCUT2D eigenvalue weighted by atomic mass is 9.76. The Kier molecular flexibility index (Phi) is 2.96. The number of hydrogen-bond donors (Lipinski definition) is 0. The number of fused-ring (bicyclic) bond motifs is 1. The third-order valence-corrected chi connectivity index (χ3v) is 4.49. The summed E-state index contributed by atoms with van der Waals surface area (Å²) in [7, 11) is 2.24. The van der Waals surface area contributed by atoms with Gasteiger partial charge in [-0.3, -0.25) is 0 Å². The standard InChI is InChI=1S/C15H23N/c1-5-12-11-15(3,6-2)16(4)14-10-8-7-9-13(12)14/h7-10,12H,5-6,11H2,1-4H3. The molecule has 1 nitrogen and oxygen atoms in total. The lowest BCUT2D eigenvalue weighted by Gasteiger charge is -2.48. The maximum atomic E-state index is 2.48. The molecule has 1 heteroatoms. The fourth-order valence-corrected chi connectivity index (χ4v) is 2.95. The summed E-state index contributed by atoms with van der Waals surface area (Å²) in [5.74, 6) is 0.734. The summed E-state index contributed by atoms with van der Waals surface area (Å²) in [6.45, 7) is 7.01. The summed E-state index contributed by atoms with van der Waals surface area (Å²) in [4.78, 5) is 2.48. The van der Waals surface area contributed by atoms with Crippen molar-refractivity contribution in [1.29, 1.82) is 0 Å². The smallest absolute Gasteiger partial charge is 0.0403 e. The Labute approximate surface area is 99.5 Å². The van der Waals surface area contributed by atoms with E-state index in [4.69, 9.17) is 0 Å². The summed E-state index contributed by atoms with van der Waals surface area (Å²) >= 11 is 0. The number of benzene rings is 1. The summed E-state index contributed by atoms with van der Waals surface area (Å²) < 4.78 is 0. The van der Waals surface area contributed by atoms with Gasteiger partial charge in [0.1, 0.15) is 0 Å². The number of rotatable bonds is 2. The van der Waals surface area contributed by atoms with Gasteiger partial charge in [-0.25, -0.2) is 0 Å². The number of anilines is 1. The summed E-state index contributed by atoms with van der Waals surface area (Å²) in [6, 6.07) is 8.90. The molecule has 0 fully saturated rings.